The Morgan fingerprint density at radius 2 is 2.06 bits per heavy atom. The van der Waals surface area contributed by atoms with Crippen molar-refractivity contribution in [1.82, 2.24) is 5.32 Å². The van der Waals surface area contributed by atoms with Crippen LogP contribution in [0.1, 0.15) is 33.6 Å². The van der Waals surface area contributed by atoms with Crippen LogP contribution in [0.2, 0.25) is 0 Å². The topological polar surface area (TPSA) is 55.4 Å². The van der Waals surface area contributed by atoms with Gasteiger partial charge in [-0.15, -0.1) is 0 Å². The Morgan fingerprint density at radius 1 is 1.38 bits per heavy atom. The van der Waals surface area contributed by atoms with Crippen LogP contribution in [-0.2, 0) is 20.3 Å². The van der Waals surface area contributed by atoms with Crippen LogP contribution in [0.3, 0.4) is 0 Å². The van der Waals surface area contributed by atoms with Crippen molar-refractivity contribution in [1.29, 1.82) is 0 Å². The SMILES string of the molecule is CCCC(NCCS(=O)CC)C(=O)OCC. The quantitative estimate of drug-likeness (QED) is 0.621. The second kappa shape index (κ2) is 9.78. The van der Waals surface area contributed by atoms with Gasteiger partial charge in [0.1, 0.15) is 6.04 Å². The normalized spacial score (nSPS) is 14.4. The molecule has 0 aliphatic carbocycles. The van der Waals surface area contributed by atoms with Gasteiger partial charge in [0, 0.05) is 28.9 Å². The number of nitrogens with one attached hydrogen (secondary N) is 1. The zero-order valence-corrected chi connectivity index (χ0v) is 11.3. The first-order valence-corrected chi connectivity index (χ1v) is 7.39. The van der Waals surface area contributed by atoms with Crippen molar-refractivity contribution in [2.45, 2.75) is 39.7 Å². The molecule has 16 heavy (non-hydrogen) atoms. The molecule has 0 aromatic heterocycles. The first-order valence-electron chi connectivity index (χ1n) is 5.90. The monoisotopic (exact) mass is 249 g/mol. The molecule has 1 N–H and O–H groups in total. The molecule has 2 atom stereocenters. The molecule has 0 saturated carbocycles. The maximum absolute atomic E-state index is 11.5. The van der Waals surface area contributed by atoms with Gasteiger partial charge < -0.3 is 10.1 Å². The molecule has 2 unspecified atom stereocenters. The van der Waals surface area contributed by atoms with Gasteiger partial charge in [-0.25, -0.2) is 0 Å². The van der Waals surface area contributed by atoms with Crippen LogP contribution in [0.5, 0.6) is 0 Å². The molecule has 4 nitrogen and oxygen atoms in total. The van der Waals surface area contributed by atoms with Crippen molar-refractivity contribution >= 4 is 16.8 Å². The zero-order valence-electron chi connectivity index (χ0n) is 10.5. The van der Waals surface area contributed by atoms with E-state index in [1.54, 1.807) is 6.92 Å². The third-order valence-corrected chi connectivity index (χ3v) is 3.49. The molecule has 0 saturated heterocycles. The number of carbonyl (C=O) groups excluding carboxylic acids is 1. The molecule has 0 aromatic carbocycles. The lowest BCUT2D eigenvalue weighted by Gasteiger charge is -2.16. The second-order valence-electron chi connectivity index (χ2n) is 3.48. The fourth-order valence-corrected chi connectivity index (χ4v) is 1.96. The molecule has 0 spiro atoms. The summed E-state index contributed by atoms with van der Waals surface area (Å²) < 4.78 is 16.2. The number of esters is 1. The molecule has 0 aromatic rings. The molecule has 0 aliphatic heterocycles. The Kier molecular flexibility index (Phi) is 9.52. The summed E-state index contributed by atoms with van der Waals surface area (Å²) in [5, 5.41) is 3.10. The third-order valence-electron chi connectivity index (χ3n) is 2.19. The molecule has 0 amide bonds. The van der Waals surface area contributed by atoms with E-state index in [-0.39, 0.29) is 12.0 Å². The Balaban J connectivity index is 3.93. The van der Waals surface area contributed by atoms with E-state index in [2.05, 4.69) is 5.32 Å². The standard InChI is InChI=1S/C11H23NO3S/c1-4-7-10(11(13)15-5-2)12-8-9-16(14)6-3/h10,12H,4-9H2,1-3H3. The Bertz CT molecular complexity index is 221. The van der Waals surface area contributed by atoms with Crippen LogP contribution in [0.4, 0.5) is 0 Å². The van der Waals surface area contributed by atoms with Crippen LogP contribution in [-0.4, -0.2) is 40.9 Å². The van der Waals surface area contributed by atoms with Crippen LogP contribution < -0.4 is 5.32 Å². The number of rotatable bonds is 9. The fourth-order valence-electron chi connectivity index (χ4n) is 1.33. The van der Waals surface area contributed by atoms with Crippen molar-refractivity contribution in [3.8, 4) is 0 Å². The maximum atomic E-state index is 11.5. The van der Waals surface area contributed by atoms with E-state index in [9.17, 15) is 9.00 Å². The molecule has 0 aliphatic rings. The largest absolute Gasteiger partial charge is 0.465 e. The highest BCUT2D eigenvalue weighted by molar-refractivity contribution is 7.84. The number of hydrogen-bond donors (Lipinski definition) is 1. The van der Waals surface area contributed by atoms with Crippen LogP contribution >= 0.6 is 0 Å². The van der Waals surface area contributed by atoms with Crippen LogP contribution in [0.25, 0.3) is 0 Å². The summed E-state index contributed by atoms with van der Waals surface area (Å²) in [5.41, 5.74) is 0. The Morgan fingerprint density at radius 3 is 2.56 bits per heavy atom. The predicted molar refractivity (Wildman–Crippen MR) is 66.9 cm³/mol. The minimum atomic E-state index is -0.779. The lowest BCUT2D eigenvalue weighted by atomic mass is 10.2. The lowest BCUT2D eigenvalue weighted by molar-refractivity contribution is -0.145. The van der Waals surface area contributed by atoms with Gasteiger partial charge >= 0.3 is 5.97 Å². The van der Waals surface area contributed by atoms with Gasteiger partial charge in [-0.2, -0.15) is 0 Å². The molecule has 0 fully saturated rings. The fraction of sp³-hybridized carbons (Fsp3) is 0.909. The van der Waals surface area contributed by atoms with Crippen LogP contribution in [0.15, 0.2) is 0 Å². The van der Waals surface area contributed by atoms with Gasteiger partial charge in [-0.1, -0.05) is 20.3 Å². The van der Waals surface area contributed by atoms with Gasteiger partial charge in [0.05, 0.1) is 6.61 Å². The van der Waals surface area contributed by atoms with E-state index in [0.29, 0.717) is 24.7 Å². The van der Waals surface area contributed by atoms with Gasteiger partial charge in [-0.3, -0.25) is 9.00 Å². The van der Waals surface area contributed by atoms with Crippen molar-refractivity contribution in [2.24, 2.45) is 0 Å². The first kappa shape index (κ1) is 15.6. The zero-order chi connectivity index (χ0) is 12.4. The van der Waals surface area contributed by atoms with Crippen molar-refractivity contribution in [3.05, 3.63) is 0 Å². The summed E-state index contributed by atoms with van der Waals surface area (Å²) in [4.78, 5) is 11.5. The molecular weight excluding hydrogens is 226 g/mol. The van der Waals surface area contributed by atoms with Gasteiger partial charge in [0.2, 0.25) is 0 Å². The average molecular weight is 249 g/mol. The van der Waals surface area contributed by atoms with Gasteiger partial charge in [0.15, 0.2) is 0 Å². The first-order chi connectivity index (χ1) is 7.65. The molecule has 0 heterocycles. The summed E-state index contributed by atoms with van der Waals surface area (Å²) in [6, 6.07) is -0.251. The summed E-state index contributed by atoms with van der Waals surface area (Å²) in [6.07, 6.45) is 1.69. The molecule has 0 radical (unpaired) electrons. The minimum absolute atomic E-state index is 0.202. The molecular formula is C11H23NO3S. The smallest absolute Gasteiger partial charge is 0.323 e. The Hall–Kier alpha value is -0.420. The second-order valence-corrected chi connectivity index (χ2v) is 5.35. The van der Waals surface area contributed by atoms with Crippen LogP contribution in [0, 0.1) is 0 Å². The van der Waals surface area contributed by atoms with Gasteiger partial charge in [-0.05, 0) is 13.3 Å². The molecule has 0 rings (SSSR count). The van der Waals surface area contributed by atoms with E-state index < -0.39 is 10.8 Å². The highest BCUT2D eigenvalue weighted by atomic mass is 32.2. The van der Waals surface area contributed by atoms with E-state index >= 15 is 0 Å². The van der Waals surface area contributed by atoms with E-state index in [1.165, 1.54) is 0 Å². The molecule has 96 valence electrons. The van der Waals surface area contributed by atoms with E-state index in [0.717, 1.165) is 12.8 Å². The van der Waals surface area contributed by atoms with E-state index in [1.807, 2.05) is 13.8 Å². The minimum Gasteiger partial charge on any atom is -0.465 e. The highest BCUT2D eigenvalue weighted by Crippen LogP contribution is 1.99. The Labute approximate surface area is 101 Å². The number of carbonyl (C=O) groups is 1. The highest BCUT2D eigenvalue weighted by Gasteiger charge is 2.17. The predicted octanol–water partition coefficient (Wildman–Crippen LogP) is 1.08. The summed E-state index contributed by atoms with van der Waals surface area (Å²) in [6.45, 7) is 6.72. The number of hydrogen-bond acceptors (Lipinski definition) is 4. The van der Waals surface area contributed by atoms with Crippen molar-refractivity contribution in [2.75, 3.05) is 24.7 Å². The third kappa shape index (κ3) is 6.95. The van der Waals surface area contributed by atoms with Crippen molar-refractivity contribution < 1.29 is 13.7 Å². The number of ether oxygens (including phenoxy) is 1. The van der Waals surface area contributed by atoms with Gasteiger partial charge in [0.25, 0.3) is 0 Å². The lowest BCUT2D eigenvalue weighted by Crippen LogP contribution is -2.40. The summed E-state index contributed by atoms with van der Waals surface area (Å²) >= 11 is 0. The summed E-state index contributed by atoms with van der Waals surface area (Å²) in [7, 11) is -0.779. The molecule has 5 heteroatoms. The van der Waals surface area contributed by atoms with Crippen molar-refractivity contribution in [3.63, 3.8) is 0 Å². The van der Waals surface area contributed by atoms with E-state index in [4.69, 9.17) is 4.74 Å². The summed E-state index contributed by atoms with van der Waals surface area (Å²) in [5.74, 6) is 1.06. The maximum Gasteiger partial charge on any atom is 0.323 e. The average Bonchev–Trinajstić information content (AvgIpc) is 2.28. The molecule has 0 bridgehead atoms.